The van der Waals surface area contributed by atoms with E-state index in [1.54, 1.807) is 6.08 Å². The Labute approximate surface area is 146 Å². The van der Waals surface area contributed by atoms with E-state index in [0.717, 1.165) is 10.6 Å². The Morgan fingerprint density at radius 3 is 2.91 bits per heavy atom. The van der Waals surface area contributed by atoms with Crippen LogP contribution < -0.4 is 4.90 Å². The summed E-state index contributed by atoms with van der Waals surface area (Å²) in [6, 6.07) is 8.05. The van der Waals surface area contributed by atoms with Crippen molar-refractivity contribution in [2.75, 3.05) is 10.7 Å². The second-order valence-electron chi connectivity index (χ2n) is 4.61. The molecule has 0 N–H and O–H groups in total. The lowest BCUT2D eigenvalue weighted by molar-refractivity contribution is -0.113. The zero-order chi connectivity index (χ0) is 16.4. The summed E-state index contributed by atoms with van der Waals surface area (Å²) in [6.07, 6.45) is 1.76. The van der Waals surface area contributed by atoms with Gasteiger partial charge in [0.2, 0.25) is 0 Å². The normalized spacial score (nSPS) is 16.3. The Morgan fingerprint density at radius 1 is 1.43 bits per heavy atom. The molecule has 2 aromatic rings. The number of carbonyl (C=O) groups is 1. The van der Waals surface area contributed by atoms with Crippen molar-refractivity contribution in [1.29, 1.82) is 0 Å². The molecule has 2 heterocycles. The van der Waals surface area contributed by atoms with Crippen LogP contribution in [0.3, 0.4) is 0 Å². The number of hydrogen-bond acceptors (Lipinski definition) is 4. The quantitative estimate of drug-likeness (QED) is 0.713. The third kappa shape index (κ3) is 3.34. The number of aliphatic imine (C=N–C) groups is 1. The number of nitrogens with zero attached hydrogens (tertiary/aromatic N) is 2. The van der Waals surface area contributed by atoms with Crippen molar-refractivity contribution >= 4 is 57.5 Å². The van der Waals surface area contributed by atoms with E-state index in [-0.39, 0.29) is 10.9 Å². The highest BCUT2D eigenvalue weighted by molar-refractivity contribution is 8.14. The SMILES string of the molecule is CCSC1=N/C(=C/c2cccs2)C(=O)N1c1ccc(F)c(Cl)c1. The lowest BCUT2D eigenvalue weighted by Crippen LogP contribution is -2.30. The molecule has 1 aliphatic heterocycles. The number of carbonyl (C=O) groups excluding carboxylic acids is 1. The first-order valence-corrected chi connectivity index (χ1v) is 9.10. The third-order valence-electron chi connectivity index (χ3n) is 3.09. The van der Waals surface area contributed by atoms with Crippen molar-refractivity contribution in [3.05, 3.63) is 57.1 Å². The first-order chi connectivity index (χ1) is 11.1. The summed E-state index contributed by atoms with van der Waals surface area (Å²) in [5, 5.41) is 2.49. The average Bonchev–Trinajstić information content (AvgIpc) is 3.13. The number of thioether (sulfide) groups is 1. The Hall–Kier alpha value is -1.63. The molecule has 3 rings (SSSR count). The summed E-state index contributed by atoms with van der Waals surface area (Å²) >= 11 is 8.83. The average molecular weight is 367 g/mol. The zero-order valence-electron chi connectivity index (χ0n) is 12.1. The van der Waals surface area contributed by atoms with E-state index in [4.69, 9.17) is 11.6 Å². The van der Waals surface area contributed by atoms with Crippen LogP contribution in [0.4, 0.5) is 10.1 Å². The highest BCUT2D eigenvalue weighted by Crippen LogP contribution is 2.31. The predicted octanol–water partition coefficient (Wildman–Crippen LogP) is 5.04. The maximum atomic E-state index is 13.4. The molecule has 0 saturated carbocycles. The molecule has 0 bridgehead atoms. The minimum Gasteiger partial charge on any atom is -0.266 e. The minimum atomic E-state index is -0.516. The number of halogens is 2. The molecule has 1 aliphatic rings. The molecule has 0 radical (unpaired) electrons. The van der Waals surface area contributed by atoms with Gasteiger partial charge in [-0.25, -0.2) is 9.38 Å². The van der Waals surface area contributed by atoms with Crippen LogP contribution in [0.25, 0.3) is 6.08 Å². The molecule has 1 aromatic heterocycles. The van der Waals surface area contributed by atoms with E-state index < -0.39 is 5.82 Å². The van der Waals surface area contributed by atoms with Crippen molar-refractivity contribution in [1.82, 2.24) is 0 Å². The van der Waals surface area contributed by atoms with Gasteiger partial charge in [0, 0.05) is 4.88 Å². The van der Waals surface area contributed by atoms with E-state index >= 15 is 0 Å². The predicted molar refractivity (Wildman–Crippen MR) is 96.8 cm³/mol. The molecule has 1 aromatic carbocycles. The van der Waals surface area contributed by atoms with Crippen LogP contribution >= 0.6 is 34.7 Å². The fourth-order valence-electron chi connectivity index (χ4n) is 2.08. The first kappa shape index (κ1) is 16.2. The highest BCUT2D eigenvalue weighted by Gasteiger charge is 2.32. The number of amidine groups is 1. The largest absolute Gasteiger partial charge is 0.283 e. The summed E-state index contributed by atoms with van der Waals surface area (Å²) in [5.41, 5.74) is 0.875. The Morgan fingerprint density at radius 2 is 2.26 bits per heavy atom. The van der Waals surface area contributed by atoms with Gasteiger partial charge in [-0.1, -0.05) is 36.4 Å². The molecule has 3 nitrogen and oxygen atoms in total. The van der Waals surface area contributed by atoms with Gasteiger partial charge in [-0.3, -0.25) is 9.69 Å². The maximum absolute atomic E-state index is 13.4. The minimum absolute atomic E-state index is 0.0214. The van der Waals surface area contributed by atoms with E-state index in [9.17, 15) is 9.18 Å². The van der Waals surface area contributed by atoms with Gasteiger partial charge in [0.15, 0.2) is 5.17 Å². The van der Waals surface area contributed by atoms with Crippen LogP contribution in [0.2, 0.25) is 5.02 Å². The van der Waals surface area contributed by atoms with Crippen LogP contribution in [-0.4, -0.2) is 16.8 Å². The maximum Gasteiger partial charge on any atom is 0.283 e. The van der Waals surface area contributed by atoms with Crippen LogP contribution in [-0.2, 0) is 4.79 Å². The number of hydrogen-bond donors (Lipinski definition) is 0. The number of benzene rings is 1. The van der Waals surface area contributed by atoms with E-state index in [1.165, 1.54) is 46.2 Å². The number of amides is 1. The third-order valence-corrected chi connectivity index (χ3v) is 5.02. The first-order valence-electron chi connectivity index (χ1n) is 6.86. The molecule has 23 heavy (non-hydrogen) atoms. The van der Waals surface area contributed by atoms with Gasteiger partial charge in [0.1, 0.15) is 11.5 Å². The second-order valence-corrected chi connectivity index (χ2v) is 7.23. The second kappa shape index (κ2) is 6.86. The fourth-order valence-corrected chi connectivity index (χ4v) is 3.65. The van der Waals surface area contributed by atoms with Crippen molar-refractivity contribution in [2.24, 2.45) is 4.99 Å². The van der Waals surface area contributed by atoms with Gasteiger partial charge in [-0.15, -0.1) is 11.3 Å². The van der Waals surface area contributed by atoms with Crippen molar-refractivity contribution in [3.63, 3.8) is 0 Å². The summed E-state index contributed by atoms with van der Waals surface area (Å²) in [7, 11) is 0. The van der Waals surface area contributed by atoms with E-state index in [0.29, 0.717) is 16.6 Å². The lowest BCUT2D eigenvalue weighted by atomic mass is 10.2. The topological polar surface area (TPSA) is 32.7 Å². The lowest BCUT2D eigenvalue weighted by Gasteiger charge is -2.17. The van der Waals surface area contributed by atoms with E-state index in [1.807, 2.05) is 24.4 Å². The summed E-state index contributed by atoms with van der Waals surface area (Å²) in [6.45, 7) is 1.98. The number of rotatable bonds is 3. The summed E-state index contributed by atoms with van der Waals surface area (Å²) in [5.74, 6) is 0.0131. The molecule has 0 fully saturated rings. The smallest absolute Gasteiger partial charge is 0.266 e. The monoisotopic (exact) mass is 366 g/mol. The van der Waals surface area contributed by atoms with Gasteiger partial charge >= 0.3 is 0 Å². The van der Waals surface area contributed by atoms with Gasteiger partial charge < -0.3 is 0 Å². The molecule has 0 saturated heterocycles. The molecule has 1 amide bonds. The molecule has 0 unspecified atom stereocenters. The molecular formula is C16H12ClFN2OS2. The molecule has 0 aliphatic carbocycles. The van der Waals surface area contributed by atoms with Crippen LogP contribution in [0.5, 0.6) is 0 Å². The highest BCUT2D eigenvalue weighted by atomic mass is 35.5. The molecule has 118 valence electrons. The Kier molecular flexibility index (Phi) is 4.84. The van der Waals surface area contributed by atoms with Gasteiger partial charge in [0.05, 0.1) is 10.7 Å². The summed E-state index contributed by atoms with van der Waals surface area (Å²) < 4.78 is 13.4. The Balaban J connectivity index is 2.00. The van der Waals surface area contributed by atoms with Crippen molar-refractivity contribution in [3.8, 4) is 0 Å². The zero-order valence-corrected chi connectivity index (χ0v) is 14.5. The standard InChI is InChI=1S/C16H12ClFN2OS2/c1-2-22-16-19-14(9-11-4-3-7-23-11)15(21)20(16)10-5-6-13(18)12(17)8-10/h3-9H,2H2,1H3/b14-9+. The molecule has 0 atom stereocenters. The fraction of sp³-hybridized carbons (Fsp3) is 0.125. The van der Waals surface area contributed by atoms with Crippen LogP contribution in [0.1, 0.15) is 11.8 Å². The number of anilines is 1. The van der Waals surface area contributed by atoms with Gasteiger partial charge in [0.25, 0.3) is 5.91 Å². The van der Waals surface area contributed by atoms with Crippen LogP contribution in [0.15, 0.2) is 46.4 Å². The van der Waals surface area contributed by atoms with E-state index in [2.05, 4.69) is 4.99 Å². The van der Waals surface area contributed by atoms with Crippen molar-refractivity contribution in [2.45, 2.75) is 6.92 Å². The summed E-state index contributed by atoms with van der Waals surface area (Å²) in [4.78, 5) is 19.6. The van der Waals surface area contributed by atoms with Crippen LogP contribution in [0, 0.1) is 5.82 Å². The molecular weight excluding hydrogens is 355 g/mol. The molecule has 7 heteroatoms. The van der Waals surface area contributed by atoms with Crippen molar-refractivity contribution < 1.29 is 9.18 Å². The van der Waals surface area contributed by atoms with Gasteiger partial charge in [-0.05, 0) is 41.5 Å². The molecule has 0 spiro atoms. The number of thiophene rings is 1. The van der Waals surface area contributed by atoms with Gasteiger partial charge in [-0.2, -0.15) is 0 Å². The Bertz CT molecular complexity index is 802.